The second-order valence-electron chi connectivity index (χ2n) is 5.49. The van der Waals surface area contributed by atoms with Crippen molar-refractivity contribution in [2.24, 2.45) is 0 Å². The van der Waals surface area contributed by atoms with Gasteiger partial charge in [0.15, 0.2) is 0 Å². The SMILES string of the molecule is [c]1cccc(Oc2cc(-c3cnn(Cc4ccccc4)c3)ncn2)c1. The lowest BCUT2D eigenvalue weighted by Gasteiger charge is -2.05. The molecule has 5 nitrogen and oxygen atoms in total. The second kappa shape index (κ2) is 6.97. The van der Waals surface area contributed by atoms with Gasteiger partial charge in [-0.1, -0.05) is 42.5 Å². The number of hydrogen-bond acceptors (Lipinski definition) is 4. The number of hydrogen-bond donors (Lipinski definition) is 0. The van der Waals surface area contributed by atoms with Crippen molar-refractivity contribution in [2.45, 2.75) is 6.54 Å². The molecule has 25 heavy (non-hydrogen) atoms. The van der Waals surface area contributed by atoms with Gasteiger partial charge in [-0.25, -0.2) is 9.97 Å². The van der Waals surface area contributed by atoms with E-state index in [1.165, 1.54) is 11.9 Å². The summed E-state index contributed by atoms with van der Waals surface area (Å²) in [5, 5.41) is 4.41. The first-order chi connectivity index (χ1) is 12.4. The summed E-state index contributed by atoms with van der Waals surface area (Å²) in [5.41, 5.74) is 2.89. The van der Waals surface area contributed by atoms with Gasteiger partial charge in [-0.15, -0.1) is 0 Å². The van der Waals surface area contributed by atoms with E-state index in [0.717, 1.165) is 17.8 Å². The topological polar surface area (TPSA) is 52.8 Å². The third kappa shape index (κ3) is 3.72. The van der Waals surface area contributed by atoms with E-state index in [9.17, 15) is 0 Å². The normalized spacial score (nSPS) is 10.6. The molecule has 0 aliphatic carbocycles. The average Bonchev–Trinajstić information content (AvgIpc) is 3.12. The largest absolute Gasteiger partial charge is 0.439 e. The van der Waals surface area contributed by atoms with Gasteiger partial charge in [0.1, 0.15) is 12.1 Å². The highest BCUT2D eigenvalue weighted by Gasteiger charge is 2.07. The van der Waals surface area contributed by atoms with Crippen LogP contribution in [0.15, 0.2) is 79.4 Å². The highest BCUT2D eigenvalue weighted by molar-refractivity contribution is 5.57. The Morgan fingerprint density at radius 2 is 1.96 bits per heavy atom. The Hall–Kier alpha value is -3.47. The minimum absolute atomic E-state index is 0.486. The molecule has 2 aromatic carbocycles. The summed E-state index contributed by atoms with van der Waals surface area (Å²) in [6.07, 6.45) is 5.26. The fraction of sp³-hybridized carbons (Fsp3) is 0.0500. The molecule has 0 unspecified atom stereocenters. The zero-order valence-electron chi connectivity index (χ0n) is 13.4. The molecule has 4 rings (SSSR count). The van der Waals surface area contributed by atoms with E-state index < -0.39 is 0 Å². The number of benzene rings is 2. The van der Waals surface area contributed by atoms with E-state index in [-0.39, 0.29) is 0 Å². The Kier molecular flexibility index (Phi) is 4.20. The van der Waals surface area contributed by atoms with E-state index in [0.29, 0.717) is 11.6 Å². The summed E-state index contributed by atoms with van der Waals surface area (Å²) < 4.78 is 7.62. The van der Waals surface area contributed by atoms with Crippen LogP contribution in [0.4, 0.5) is 0 Å². The van der Waals surface area contributed by atoms with Crippen molar-refractivity contribution >= 4 is 0 Å². The van der Waals surface area contributed by atoms with Crippen LogP contribution in [0.5, 0.6) is 11.6 Å². The van der Waals surface area contributed by atoms with Gasteiger partial charge in [-0.3, -0.25) is 4.68 Å². The first-order valence-electron chi connectivity index (χ1n) is 7.89. The summed E-state index contributed by atoms with van der Waals surface area (Å²) in [4.78, 5) is 8.48. The number of ether oxygens (including phenoxy) is 1. The van der Waals surface area contributed by atoms with E-state index in [4.69, 9.17) is 4.74 Å². The van der Waals surface area contributed by atoms with Gasteiger partial charge in [0.05, 0.1) is 18.4 Å². The monoisotopic (exact) mass is 327 g/mol. The number of rotatable bonds is 5. The van der Waals surface area contributed by atoms with Crippen molar-refractivity contribution in [3.63, 3.8) is 0 Å². The third-order valence-corrected chi connectivity index (χ3v) is 3.66. The molecule has 0 aliphatic heterocycles. The van der Waals surface area contributed by atoms with Gasteiger partial charge < -0.3 is 4.74 Å². The molecule has 0 bridgehead atoms. The van der Waals surface area contributed by atoms with Crippen LogP contribution in [0.2, 0.25) is 0 Å². The molecule has 0 aliphatic rings. The molecule has 2 heterocycles. The summed E-state index contributed by atoms with van der Waals surface area (Å²) in [7, 11) is 0. The molecule has 121 valence electrons. The van der Waals surface area contributed by atoms with Crippen LogP contribution in [0.3, 0.4) is 0 Å². The summed E-state index contributed by atoms with van der Waals surface area (Å²) in [6.45, 7) is 0.717. The highest BCUT2D eigenvalue weighted by atomic mass is 16.5. The Morgan fingerprint density at radius 3 is 2.80 bits per heavy atom. The first-order valence-corrected chi connectivity index (χ1v) is 7.89. The smallest absolute Gasteiger partial charge is 0.222 e. The van der Waals surface area contributed by atoms with E-state index in [2.05, 4.69) is 33.3 Å². The fourth-order valence-electron chi connectivity index (χ4n) is 2.47. The molecule has 0 fully saturated rings. The molecular formula is C20H15N4O. The third-order valence-electron chi connectivity index (χ3n) is 3.66. The Labute approximate surface area is 145 Å². The maximum atomic E-state index is 5.73. The zero-order valence-corrected chi connectivity index (χ0v) is 13.4. The lowest BCUT2D eigenvalue weighted by atomic mass is 10.2. The van der Waals surface area contributed by atoms with Gasteiger partial charge in [-0.2, -0.15) is 5.10 Å². The van der Waals surface area contributed by atoms with Crippen molar-refractivity contribution in [1.82, 2.24) is 19.7 Å². The van der Waals surface area contributed by atoms with Crippen LogP contribution in [-0.4, -0.2) is 19.7 Å². The van der Waals surface area contributed by atoms with Crippen molar-refractivity contribution in [2.75, 3.05) is 0 Å². The molecule has 2 aromatic heterocycles. The van der Waals surface area contributed by atoms with Crippen LogP contribution < -0.4 is 4.74 Å². The number of nitrogens with zero attached hydrogens (tertiary/aromatic N) is 4. The van der Waals surface area contributed by atoms with Gasteiger partial charge in [0.25, 0.3) is 0 Å². The van der Waals surface area contributed by atoms with Crippen LogP contribution in [0, 0.1) is 6.07 Å². The van der Waals surface area contributed by atoms with E-state index >= 15 is 0 Å². The Bertz CT molecular complexity index is 952. The molecule has 0 N–H and O–H groups in total. The predicted molar refractivity (Wildman–Crippen MR) is 94.1 cm³/mol. The maximum absolute atomic E-state index is 5.73. The Morgan fingerprint density at radius 1 is 1.04 bits per heavy atom. The van der Waals surface area contributed by atoms with Crippen molar-refractivity contribution < 1.29 is 4.74 Å². The molecule has 0 spiro atoms. The minimum Gasteiger partial charge on any atom is -0.439 e. The molecule has 0 amide bonds. The van der Waals surface area contributed by atoms with Gasteiger partial charge in [0.2, 0.25) is 5.88 Å². The first kappa shape index (κ1) is 15.1. The Balaban J connectivity index is 1.53. The van der Waals surface area contributed by atoms with Crippen LogP contribution in [-0.2, 0) is 6.54 Å². The molecule has 4 aromatic rings. The summed E-state index contributed by atoms with van der Waals surface area (Å²) in [6, 6.07) is 22.3. The molecule has 0 atom stereocenters. The maximum Gasteiger partial charge on any atom is 0.222 e. The predicted octanol–water partition coefficient (Wildman–Crippen LogP) is 3.98. The highest BCUT2D eigenvalue weighted by Crippen LogP contribution is 2.23. The van der Waals surface area contributed by atoms with E-state index in [1.807, 2.05) is 47.3 Å². The fourth-order valence-corrected chi connectivity index (χ4v) is 2.47. The van der Waals surface area contributed by atoms with Crippen LogP contribution in [0.1, 0.15) is 5.56 Å². The van der Waals surface area contributed by atoms with E-state index in [1.54, 1.807) is 18.3 Å². The van der Waals surface area contributed by atoms with Crippen molar-refractivity contribution in [1.29, 1.82) is 0 Å². The summed E-state index contributed by atoms with van der Waals surface area (Å²) >= 11 is 0. The summed E-state index contributed by atoms with van der Waals surface area (Å²) in [5.74, 6) is 1.17. The standard InChI is InChI=1S/C20H15N4O/c1-3-7-16(8-4-1)13-24-14-17(12-23-24)19-11-20(22-15-21-19)25-18-9-5-2-6-10-18/h1-5,7-12,14-15H,13H2. The average molecular weight is 327 g/mol. The zero-order chi connectivity index (χ0) is 16.9. The second-order valence-corrected chi connectivity index (χ2v) is 5.49. The minimum atomic E-state index is 0.486. The molecule has 1 radical (unpaired) electrons. The van der Waals surface area contributed by atoms with Crippen LogP contribution in [0.25, 0.3) is 11.3 Å². The van der Waals surface area contributed by atoms with Gasteiger partial charge >= 0.3 is 0 Å². The van der Waals surface area contributed by atoms with Gasteiger partial charge in [0, 0.05) is 17.8 Å². The molecule has 0 saturated heterocycles. The van der Waals surface area contributed by atoms with Crippen molar-refractivity contribution in [3.05, 3.63) is 91.0 Å². The lowest BCUT2D eigenvalue weighted by molar-refractivity contribution is 0.462. The molecule has 5 heteroatoms. The number of aromatic nitrogens is 4. The molecular weight excluding hydrogens is 312 g/mol. The van der Waals surface area contributed by atoms with Crippen LogP contribution >= 0.6 is 0 Å². The quantitative estimate of drug-likeness (QED) is 0.556. The van der Waals surface area contributed by atoms with Gasteiger partial charge in [-0.05, 0) is 23.8 Å². The van der Waals surface area contributed by atoms with Crippen molar-refractivity contribution in [3.8, 4) is 22.9 Å². The lowest BCUT2D eigenvalue weighted by Crippen LogP contribution is -1.99. The molecule has 0 saturated carbocycles.